The zero-order valence-electron chi connectivity index (χ0n) is 17.1. The number of hydrogen-bond acceptors (Lipinski definition) is 4. The van der Waals surface area contributed by atoms with Gasteiger partial charge < -0.3 is 19.4 Å². The highest BCUT2D eigenvalue weighted by molar-refractivity contribution is 6.32. The molecule has 3 rings (SSSR count). The third kappa shape index (κ3) is 5.21. The zero-order chi connectivity index (χ0) is 21.5. The molecule has 2 aromatic carbocycles. The fourth-order valence-electron chi connectivity index (χ4n) is 3.01. The molecule has 0 fully saturated rings. The van der Waals surface area contributed by atoms with Crippen LogP contribution in [-0.4, -0.2) is 29.2 Å². The van der Waals surface area contributed by atoms with Crippen LogP contribution in [0.3, 0.4) is 0 Å². The van der Waals surface area contributed by atoms with Crippen LogP contribution in [-0.2, 0) is 4.79 Å². The Morgan fingerprint density at radius 2 is 2.07 bits per heavy atom. The zero-order valence-corrected chi connectivity index (χ0v) is 17.9. The molecule has 1 amide bonds. The van der Waals surface area contributed by atoms with Gasteiger partial charge in [-0.15, -0.1) is 0 Å². The van der Waals surface area contributed by atoms with Crippen LogP contribution in [0.1, 0.15) is 31.0 Å². The molecule has 3 aromatic rings. The lowest BCUT2D eigenvalue weighted by Gasteiger charge is -2.14. The smallest absolute Gasteiger partial charge is 0.244 e. The minimum absolute atomic E-state index is 0.141. The van der Waals surface area contributed by atoms with Gasteiger partial charge in [0.2, 0.25) is 5.91 Å². The Bertz CT molecular complexity index is 1010. The van der Waals surface area contributed by atoms with Crippen molar-refractivity contribution in [3.05, 3.63) is 77.3 Å². The summed E-state index contributed by atoms with van der Waals surface area (Å²) >= 11 is 6.25. The van der Waals surface area contributed by atoms with E-state index in [-0.39, 0.29) is 11.9 Å². The number of carbonyl (C=O) groups excluding carboxylic acids is 1. The Hall–Kier alpha value is -3.25. The Morgan fingerprint density at radius 1 is 1.30 bits per heavy atom. The maximum Gasteiger partial charge on any atom is 0.244 e. The largest absolute Gasteiger partial charge is 0.491 e. The second kappa shape index (κ2) is 9.98. The van der Waals surface area contributed by atoms with E-state index in [2.05, 4.69) is 10.3 Å². The minimum Gasteiger partial charge on any atom is -0.491 e. The molecule has 156 valence electrons. The number of amides is 1. The maximum atomic E-state index is 12.4. The molecule has 0 aliphatic carbocycles. The molecule has 1 heterocycles. The van der Waals surface area contributed by atoms with Gasteiger partial charge in [0.25, 0.3) is 0 Å². The Balaban J connectivity index is 1.65. The van der Waals surface area contributed by atoms with E-state index in [0.29, 0.717) is 23.1 Å². The van der Waals surface area contributed by atoms with Gasteiger partial charge in [-0.05, 0) is 55.3 Å². The Kier molecular flexibility index (Phi) is 7.14. The van der Waals surface area contributed by atoms with Gasteiger partial charge in [0.1, 0.15) is 0 Å². The number of nitrogens with one attached hydrogen (secondary N) is 1. The van der Waals surface area contributed by atoms with Gasteiger partial charge in [-0.1, -0.05) is 23.7 Å². The number of rotatable bonds is 8. The SMILES string of the molecule is CCOc1cc(C=CC(=O)NC(C)c2ccc(-n3ccnc3)cc2)cc(Cl)c1OC. The van der Waals surface area contributed by atoms with Crippen LogP contribution in [0.5, 0.6) is 11.5 Å². The van der Waals surface area contributed by atoms with Crippen LogP contribution in [0.15, 0.2) is 61.2 Å². The molecule has 30 heavy (non-hydrogen) atoms. The van der Waals surface area contributed by atoms with Crippen molar-refractivity contribution in [2.45, 2.75) is 19.9 Å². The normalized spacial score (nSPS) is 12.0. The average molecular weight is 426 g/mol. The van der Waals surface area contributed by atoms with Gasteiger partial charge in [0, 0.05) is 24.2 Å². The molecule has 1 atom stereocenters. The van der Waals surface area contributed by atoms with E-state index in [9.17, 15) is 4.79 Å². The second-order valence-electron chi connectivity index (χ2n) is 6.59. The van der Waals surface area contributed by atoms with Crippen LogP contribution in [0, 0.1) is 0 Å². The van der Waals surface area contributed by atoms with E-state index in [1.807, 2.05) is 48.9 Å². The third-order valence-corrected chi connectivity index (χ3v) is 4.80. The summed E-state index contributed by atoms with van der Waals surface area (Å²) in [4.78, 5) is 16.4. The van der Waals surface area contributed by atoms with Crippen LogP contribution in [0.4, 0.5) is 0 Å². The van der Waals surface area contributed by atoms with Crippen molar-refractivity contribution in [1.82, 2.24) is 14.9 Å². The standard InChI is InChI=1S/C23H24ClN3O3/c1-4-30-21-14-17(13-20(24)23(21)29-3)5-10-22(28)26-16(2)18-6-8-19(9-7-18)27-12-11-25-15-27/h5-16H,4H2,1-3H3,(H,26,28). The first-order chi connectivity index (χ1) is 14.5. The highest BCUT2D eigenvalue weighted by atomic mass is 35.5. The molecule has 1 aromatic heterocycles. The topological polar surface area (TPSA) is 65.4 Å². The van der Waals surface area contributed by atoms with Gasteiger partial charge in [-0.25, -0.2) is 4.98 Å². The van der Waals surface area contributed by atoms with Gasteiger partial charge in [0.15, 0.2) is 11.5 Å². The number of ether oxygens (including phenoxy) is 2. The molecule has 0 saturated heterocycles. The van der Waals surface area contributed by atoms with Crippen molar-refractivity contribution in [3.63, 3.8) is 0 Å². The van der Waals surface area contributed by atoms with Crippen LogP contribution >= 0.6 is 11.6 Å². The van der Waals surface area contributed by atoms with E-state index in [1.165, 1.54) is 13.2 Å². The summed E-state index contributed by atoms with van der Waals surface area (Å²) in [6.07, 6.45) is 8.53. The summed E-state index contributed by atoms with van der Waals surface area (Å²) < 4.78 is 12.8. The molecule has 0 saturated carbocycles. The first-order valence-corrected chi connectivity index (χ1v) is 9.96. The van der Waals surface area contributed by atoms with Gasteiger partial charge in [-0.3, -0.25) is 4.79 Å². The summed E-state index contributed by atoms with van der Waals surface area (Å²) in [7, 11) is 1.54. The monoisotopic (exact) mass is 425 g/mol. The van der Waals surface area contributed by atoms with Gasteiger partial charge in [0.05, 0.1) is 31.1 Å². The third-order valence-electron chi connectivity index (χ3n) is 4.52. The average Bonchev–Trinajstić information content (AvgIpc) is 3.27. The van der Waals surface area contributed by atoms with Crippen LogP contribution < -0.4 is 14.8 Å². The molecule has 0 aliphatic heterocycles. The summed E-state index contributed by atoms with van der Waals surface area (Å²) in [5, 5.41) is 3.39. The number of benzene rings is 2. The summed E-state index contributed by atoms with van der Waals surface area (Å²) in [6, 6.07) is 11.3. The molecule has 0 radical (unpaired) electrons. The molecular formula is C23H24ClN3O3. The fourth-order valence-corrected chi connectivity index (χ4v) is 3.31. The molecule has 0 bridgehead atoms. The quantitative estimate of drug-likeness (QED) is 0.525. The van der Waals surface area contributed by atoms with Crippen molar-refractivity contribution < 1.29 is 14.3 Å². The van der Waals surface area contributed by atoms with Gasteiger partial charge in [-0.2, -0.15) is 0 Å². The van der Waals surface area contributed by atoms with Crippen molar-refractivity contribution in [2.75, 3.05) is 13.7 Å². The second-order valence-corrected chi connectivity index (χ2v) is 7.00. The molecule has 1 unspecified atom stereocenters. The van der Waals surface area contributed by atoms with E-state index in [4.69, 9.17) is 21.1 Å². The lowest BCUT2D eigenvalue weighted by atomic mass is 10.1. The predicted molar refractivity (Wildman–Crippen MR) is 118 cm³/mol. The van der Waals surface area contributed by atoms with Crippen LogP contribution in [0.2, 0.25) is 5.02 Å². The highest BCUT2D eigenvalue weighted by Gasteiger charge is 2.11. The van der Waals surface area contributed by atoms with E-state index in [0.717, 1.165) is 16.8 Å². The molecule has 0 aliphatic rings. The van der Waals surface area contributed by atoms with Crippen LogP contribution in [0.25, 0.3) is 11.8 Å². The summed E-state index contributed by atoms with van der Waals surface area (Å²) in [6.45, 7) is 4.31. The Morgan fingerprint density at radius 3 is 2.70 bits per heavy atom. The van der Waals surface area contributed by atoms with Crippen molar-refractivity contribution in [1.29, 1.82) is 0 Å². The molecule has 1 N–H and O–H groups in total. The number of methoxy groups -OCH3 is 1. The van der Waals surface area contributed by atoms with E-state index >= 15 is 0 Å². The lowest BCUT2D eigenvalue weighted by Crippen LogP contribution is -2.24. The number of halogens is 1. The maximum absolute atomic E-state index is 12.4. The first kappa shape index (κ1) is 21.5. The molecule has 0 spiro atoms. The van der Waals surface area contributed by atoms with Crippen molar-refractivity contribution in [2.24, 2.45) is 0 Å². The number of imidazole rings is 1. The number of nitrogens with zero attached hydrogens (tertiary/aromatic N) is 2. The fraction of sp³-hybridized carbons (Fsp3) is 0.217. The number of aromatic nitrogens is 2. The van der Waals surface area contributed by atoms with Crippen molar-refractivity contribution in [3.8, 4) is 17.2 Å². The summed E-state index contributed by atoms with van der Waals surface area (Å²) in [5.74, 6) is 0.817. The molecule has 7 heteroatoms. The number of carbonyl (C=O) groups is 1. The molecular weight excluding hydrogens is 402 g/mol. The van der Waals surface area contributed by atoms with E-state index in [1.54, 1.807) is 30.7 Å². The molecule has 6 nitrogen and oxygen atoms in total. The minimum atomic E-state index is -0.203. The van der Waals surface area contributed by atoms with Crippen molar-refractivity contribution >= 4 is 23.6 Å². The first-order valence-electron chi connectivity index (χ1n) is 9.59. The summed E-state index contributed by atoms with van der Waals surface area (Å²) in [5.41, 5.74) is 2.76. The number of hydrogen-bond donors (Lipinski definition) is 1. The van der Waals surface area contributed by atoms with Gasteiger partial charge >= 0.3 is 0 Å². The Labute approximate surface area is 181 Å². The highest BCUT2D eigenvalue weighted by Crippen LogP contribution is 2.36. The predicted octanol–water partition coefficient (Wildman–Crippen LogP) is 4.82. The lowest BCUT2D eigenvalue weighted by molar-refractivity contribution is -0.117. The van der Waals surface area contributed by atoms with E-state index < -0.39 is 0 Å².